The van der Waals surface area contributed by atoms with Gasteiger partial charge in [-0.05, 0) is 18.2 Å². The van der Waals surface area contributed by atoms with Gasteiger partial charge in [0.25, 0.3) is 5.91 Å². The summed E-state index contributed by atoms with van der Waals surface area (Å²) in [4.78, 5) is 13.4. The number of rotatable bonds is 5. The molecule has 0 aliphatic heterocycles. The van der Waals surface area contributed by atoms with E-state index in [4.69, 9.17) is 27.5 Å². The number of hydrogen-bond donors (Lipinski definition) is 3. The van der Waals surface area contributed by atoms with E-state index in [0.717, 1.165) is 0 Å². The molecule has 0 aromatic heterocycles. The Balaban J connectivity index is 2.92. The minimum absolute atomic E-state index is 0.153. The van der Waals surface area contributed by atoms with Gasteiger partial charge >= 0.3 is 0 Å². The van der Waals surface area contributed by atoms with Crippen molar-refractivity contribution in [1.82, 2.24) is 4.90 Å². The van der Waals surface area contributed by atoms with Crippen molar-refractivity contribution in [2.24, 2.45) is 0 Å². The lowest BCUT2D eigenvalue weighted by atomic mass is 10.1. The van der Waals surface area contributed by atoms with Gasteiger partial charge in [-0.2, -0.15) is 0 Å². The average molecular weight is 259 g/mol. The van der Waals surface area contributed by atoms with Gasteiger partial charge in [-0.3, -0.25) is 4.79 Å². The van der Waals surface area contributed by atoms with Crippen molar-refractivity contribution in [3.63, 3.8) is 0 Å². The number of anilines is 1. The van der Waals surface area contributed by atoms with E-state index in [0.29, 0.717) is 11.3 Å². The second kappa shape index (κ2) is 6.44. The molecule has 94 valence electrons. The molecule has 0 saturated heterocycles. The average Bonchev–Trinajstić information content (AvgIpc) is 2.28. The van der Waals surface area contributed by atoms with Crippen molar-refractivity contribution in [3.05, 3.63) is 28.8 Å². The predicted molar refractivity (Wildman–Crippen MR) is 65.9 cm³/mol. The molecule has 0 aliphatic carbocycles. The number of nitrogens with two attached hydrogens (primary N) is 1. The zero-order chi connectivity index (χ0) is 12.8. The van der Waals surface area contributed by atoms with Crippen molar-refractivity contribution < 1.29 is 15.0 Å². The Labute approximate surface area is 104 Å². The highest BCUT2D eigenvalue weighted by molar-refractivity contribution is 6.34. The van der Waals surface area contributed by atoms with Crippen LogP contribution in [0.2, 0.25) is 5.02 Å². The van der Waals surface area contributed by atoms with Gasteiger partial charge in [0.2, 0.25) is 0 Å². The number of amides is 1. The van der Waals surface area contributed by atoms with Crippen molar-refractivity contribution in [2.75, 3.05) is 32.0 Å². The first-order valence-corrected chi connectivity index (χ1v) is 5.54. The molecule has 0 bridgehead atoms. The van der Waals surface area contributed by atoms with Crippen molar-refractivity contribution in [3.8, 4) is 0 Å². The molecule has 0 fully saturated rings. The lowest BCUT2D eigenvalue weighted by Crippen LogP contribution is -2.36. The van der Waals surface area contributed by atoms with E-state index in [-0.39, 0.29) is 37.2 Å². The van der Waals surface area contributed by atoms with Crippen molar-refractivity contribution in [2.45, 2.75) is 0 Å². The van der Waals surface area contributed by atoms with Crippen LogP contribution in [-0.2, 0) is 0 Å². The first-order chi connectivity index (χ1) is 8.10. The monoisotopic (exact) mass is 258 g/mol. The van der Waals surface area contributed by atoms with Gasteiger partial charge in [0.05, 0.1) is 23.8 Å². The van der Waals surface area contributed by atoms with Crippen LogP contribution < -0.4 is 5.73 Å². The fourth-order valence-electron chi connectivity index (χ4n) is 1.43. The van der Waals surface area contributed by atoms with Crippen LogP contribution in [-0.4, -0.2) is 47.3 Å². The molecule has 1 aromatic rings. The van der Waals surface area contributed by atoms with Gasteiger partial charge in [0.1, 0.15) is 0 Å². The van der Waals surface area contributed by atoms with E-state index in [1.54, 1.807) is 6.07 Å². The fraction of sp³-hybridized carbons (Fsp3) is 0.364. The summed E-state index contributed by atoms with van der Waals surface area (Å²) in [5.41, 5.74) is 6.31. The first-order valence-electron chi connectivity index (χ1n) is 5.16. The third kappa shape index (κ3) is 3.59. The zero-order valence-corrected chi connectivity index (χ0v) is 10.0. The fourth-order valence-corrected chi connectivity index (χ4v) is 1.70. The lowest BCUT2D eigenvalue weighted by molar-refractivity contribution is 0.0685. The molecule has 0 aliphatic rings. The summed E-state index contributed by atoms with van der Waals surface area (Å²) in [5.74, 6) is -0.335. The third-order valence-electron chi connectivity index (χ3n) is 2.25. The Morgan fingerprint density at radius 1 is 1.29 bits per heavy atom. The standard InChI is InChI=1S/C11H15ClN2O3/c12-10-7-8(13)1-2-9(10)11(17)14(3-5-15)4-6-16/h1-2,7,15-16H,3-6,13H2. The SMILES string of the molecule is Nc1ccc(C(=O)N(CCO)CCO)c(Cl)c1. The number of halogens is 1. The van der Waals surface area contributed by atoms with E-state index < -0.39 is 0 Å². The molecular formula is C11H15ClN2O3. The second-order valence-corrected chi connectivity index (χ2v) is 3.89. The van der Waals surface area contributed by atoms with Gasteiger partial charge in [-0.15, -0.1) is 0 Å². The molecule has 1 amide bonds. The van der Waals surface area contributed by atoms with Crippen molar-refractivity contribution in [1.29, 1.82) is 0 Å². The van der Waals surface area contributed by atoms with E-state index >= 15 is 0 Å². The molecular weight excluding hydrogens is 244 g/mol. The summed E-state index contributed by atoms with van der Waals surface area (Å²) in [6.45, 7) is -0.0309. The molecule has 0 spiro atoms. The normalized spacial score (nSPS) is 10.3. The number of carbonyl (C=O) groups excluding carboxylic acids is 1. The van der Waals surface area contributed by atoms with E-state index in [1.165, 1.54) is 17.0 Å². The summed E-state index contributed by atoms with van der Waals surface area (Å²) in [6, 6.07) is 4.60. The molecule has 0 atom stereocenters. The summed E-state index contributed by atoms with van der Waals surface area (Å²) in [5, 5.41) is 17.9. The van der Waals surface area contributed by atoms with Crippen LogP contribution in [0.4, 0.5) is 5.69 Å². The third-order valence-corrected chi connectivity index (χ3v) is 2.56. The van der Waals surface area contributed by atoms with Crippen LogP contribution in [0, 0.1) is 0 Å². The lowest BCUT2D eigenvalue weighted by Gasteiger charge is -2.21. The van der Waals surface area contributed by atoms with Crippen LogP contribution in [0.3, 0.4) is 0 Å². The maximum Gasteiger partial charge on any atom is 0.255 e. The molecule has 0 saturated carbocycles. The summed E-state index contributed by atoms with van der Waals surface area (Å²) < 4.78 is 0. The largest absolute Gasteiger partial charge is 0.399 e. The van der Waals surface area contributed by atoms with Crippen LogP contribution in [0.1, 0.15) is 10.4 Å². The van der Waals surface area contributed by atoms with E-state index in [1.807, 2.05) is 0 Å². The highest BCUT2D eigenvalue weighted by Gasteiger charge is 2.17. The van der Waals surface area contributed by atoms with Crippen LogP contribution >= 0.6 is 11.6 Å². The summed E-state index contributed by atoms with van der Waals surface area (Å²) in [6.07, 6.45) is 0. The highest BCUT2D eigenvalue weighted by atomic mass is 35.5. The molecule has 4 N–H and O–H groups in total. The van der Waals surface area contributed by atoms with Crippen LogP contribution in [0.15, 0.2) is 18.2 Å². The Hall–Kier alpha value is -1.30. The molecule has 5 nitrogen and oxygen atoms in total. The Morgan fingerprint density at radius 2 is 1.88 bits per heavy atom. The summed E-state index contributed by atoms with van der Waals surface area (Å²) >= 11 is 5.92. The number of aliphatic hydroxyl groups excluding tert-OH is 2. The van der Waals surface area contributed by atoms with Gasteiger partial charge in [-0.1, -0.05) is 11.6 Å². The predicted octanol–water partition coefficient (Wildman–Crippen LogP) is 0.349. The molecule has 17 heavy (non-hydrogen) atoms. The molecule has 6 heteroatoms. The topological polar surface area (TPSA) is 86.8 Å². The van der Waals surface area contributed by atoms with Crippen LogP contribution in [0.5, 0.6) is 0 Å². The van der Waals surface area contributed by atoms with Gasteiger partial charge in [-0.25, -0.2) is 0 Å². The quantitative estimate of drug-likeness (QED) is 0.665. The van der Waals surface area contributed by atoms with E-state index in [9.17, 15) is 4.79 Å². The maximum atomic E-state index is 12.0. The Bertz CT molecular complexity index is 392. The van der Waals surface area contributed by atoms with Gasteiger partial charge < -0.3 is 20.8 Å². The minimum atomic E-state index is -0.335. The highest BCUT2D eigenvalue weighted by Crippen LogP contribution is 2.20. The van der Waals surface area contributed by atoms with Gasteiger partial charge in [0, 0.05) is 18.8 Å². The Kier molecular flexibility index (Phi) is 5.21. The molecule has 0 radical (unpaired) electrons. The molecule has 1 rings (SSSR count). The second-order valence-electron chi connectivity index (χ2n) is 3.48. The number of aliphatic hydroxyl groups is 2. The first kappa shape index (κ1) is 13.8. The molecule has 0 unspecified atom stereocenters. The number of hydrogen-bond acceptors (Lipinski definition) is 4. The number of nitrogen functional groups attached to an aromatic ring is 1. The zero-order valence-electron chi connectivity index (χ0n) is 9.27. The smallest absolute Gasteiger partial charge is 0.255 e. The van der Waals surface area contributed by atoms with Crippen molar-refractivity contribution >= 4 is 23.2 Å². The van der Waals surface area contributed by atoms with Gasteiger partial charge in [0.15, 0.2) is 0 Å². The minimum Gasteiger partial charge on any atom is -0.399 e. The number of benzene rings is 1. The Morgan fingerprint density at radius 3 is 2.35 bits per heavy atom. The number of nitrogens with zero attached hydrogens (tertiary/aromatic N) is 1. The molecule has 1 aromatic carbocycles. The van der Waals surface area contributed by atoms with E-state index in [2.05, 4.69) is 0 Å². The summed E-state index contributed by atoms with van der Waals surface area (Å²) in [7, 11) is 0. The maximum absolute atomic E-state index is 12.0. The molecule has 0 heterocycles. The van der Waals surface area contributed by atoms with Crippen LogP contribution in [0.25, 0.3) is 0 Å². The number of carbonyl (C=O) groups is 1.